The number of benzene rings is 1. The van der Waals surface area contributed by atoms with Gasteiger partial charge in [0, 0.05) is 12.6 Å². The van der Waals surface area contributed by atoms with Gasteiger partial charge < -0.3 is 10.0 Å². The minimum Gasteiger partial charge on any atom is -0.366 e. The Bertz CT molecular complexity index is 558. The number of carbonyl (C=O) groups is 1. The summed E-state index contributed by atoms with van der Waals surface area (Å²) >= 11 is 0. The summed E-state index contributed by atoms with van der Waals surface area (Å²) in [5.41, 5.74) is 2.05. The molecule has 0 unspecified atom stereocenters. The zero-order valence-corrected chi connectivity index (χ0v) is 12.6. The molecule has 1 aromatic carbocycles. The van der Waals surface area contributed by atoms with Crippen LogP contribution in [-0.4, -0.2) is 34.2 Å². The second kappa shape index (κ2) is 5.33. The molecule has 3 aliphatic rings. The number of fused-ring (bicyclic) bond motifs is 1. The van der Waals surface area contributed by atoms with Gasteiger partial charge >= 0.3 is 0 Å². The van der Waals surface area contributed by atoms with Crippen molar-refractivity contribution in [1.29, 1.82) is 0 Å². The zero-order chi connectivity index (χ0) is 15.2. The molecule has 1 saturated carbocycles. The normalized spacial score (nSPS) is 35.9. The summed E-state index contributed by atoms with van der Waals surface area (Å²) in [6.07, 6.45) is 5.40. The Labute approximate surface area is 130 Å². The van der Waals surface area contributed by atoms with Gasteiger partial charge in [0.05, 0.1) is 5.92 Å². The first-order chi connectivity index (χ1) is 10.7. The van der Waals surface area contributed by atoms with E-state index in [1.165, 1.54) is 19.3 Å². The lowest BCUT2D eigenvalue weighted by Crippen LogP contribution is -2.52. The molecule has 5 heteroatoms. The molecule has 4 rings (SSSR count). The third kappa shape index (κ3) is 2.07. The van der Waals surface area contributed by atoms with Crippen LogP contribution in [0.4, 0.5) is 0 Å². The third-order valence-corrected chi connectivity index (χ3v) is 5.37. The lowest BCUT2D eigenvalue weighted by Gasteiger charge is -2.32. The van der Waals surface area contributed by atoms with Crippen molar-refractivity contribution in [3.05, 3.63) is 35.9 Å². The van der Waals surface area contributed by atoms with Crippen molar-refractivity contribution in [3.8, 4) is 0 Å². The first-order valence-corrected chi connectivity index (χ1v) is 8.21. The van der Waals surface area contributed by atoms with E-state index in [9.17, 15) is 9.90 Å². The summed E-state index contributed by atoms with van der Waals surface area (Å²) in [5, 5.41) is 10.8. The third-order valence-electron chi connectivity index (χ3n) is 5.37. The van der Waals surface area contributed by atoms with Crippen LogP contribution in [0.2, 0.25) is 0 Å². The monoisotopic (exact) mass is 302 g/mol. The number of aliphatic hydroxyl groups is 1. The van der Waals surface area contributed by atoms with Gasteiger partial charge in [-0.05, 0) is 18.4 Å². The Morgan fingerprint density at radius 1 is 1.18 bits per heavy atom. The average molecular weight is 302 g/mol. The molecule has 5 nitrogen and oxygen atoms in total. The lowest BCUT2D eigenvalue weighted by molar-refractivity contribution is -0.156. The molecule has 0 aromatic heterocycles. The van der Waals surface area contributed by atoms with Gasteiger partial charge in [-0.15, -0.1) is 0 Å². The van der Waals surface area contributed by atoms with Crippen molar-refractivity contribution in [2.45, 2.75) is 50.0 Å². The summed E-state index contributed by atoms with van der Waals surface area (Å²) in [7, 11) is 0. The maximum absolute atomic E-state index is 12.7. The SMILES string of the molecule is O=C1N(C2CCCCC2)C[C@@H]2[C@H](c3ccccc3)ON[C@]12O. The molecule has 3 atom stereocenters. The van der Waals surface area contributed by atoms with Crippen LogP contribution in [0, 0.1) is 5.92 Å². The molecular weight excluding hydrogens is 280 g/mol. The number of carbonyl (C=O) groups excluding carboxylic acids is 1. The average Bonchev–Trinajstić information content (AvgIpc) is 3.03. The van der Waals surface area contributed by atoms with Gasteiger partial charge in [0.1, 0.15) is 6.10 Å². The van der Waals surface area contributed by atoms with E-state index >= 15 is 0 Å². The number of nitrogens with zero attached hydrogens (tertiary/aromatic N) is 1. The van der Waals surface area contributed by atoms with Crippen LogP contribution >= 0.6 is 0 Å². The Hall–Kier alpha value is -1.43. The molecule has 1 aromatic rings. The van der Waals surface area contributed by atoms with Crippen LogP contribution in [0.3, 0.4) is 0 Å². The van der Waals surface area contributed by atoms with Crippen molar-refractivity contribution in [3.63, 3.8) is 0 Å². The fourth-order valence-electron chi connectivity index (χ4n) is 4.12. The topological polar surface area (TPSA) is 61.8 Å². The van der Waals surface area contributed by atoms with Crippen molar-refractivity contribution in [2.24, 2.45) is 5.92 Å². The number of hydrogen-bond acceptors (Lipinski definition) is 4. The number of rotatable bonds is 2. The molecule has 2 saturated heterocycles. The van der Waals surface area contributed by atoms with E-state index in [4.69, 9.17) is 4.84 Å². The highest BCUT2D eigenvalue weighted by Crippen LogP contribution is 2.45. The largest absolute Gasteiger partial charge is 0.366 e. The van der Waals surface area contributed by atoms with Gasteiger partial charge in [-0.3, -0.25) is 9.63 Å². The smallest absolute Gasteiger partial charge is 0.272 e. The minimum atomic E-state index is -1.57. The standard InChI is InChI=1S/C17H22N2O3/c20-16-17(21)14(11-19(16)13-9-5-2-6-10-13)15(22-18-17)12-7-3-1-4-8-12/h1,3-4,7-8,13-15,18,21H,2,5-6,9-11H2/t14-,15+,17-/m1/s1. The molecule has 2 N–H and O–H groups in total. The Kier molecular flexibility index (Phi) is 3.44. The molecule has 3 fully saturated rings. The highest BCUT2D eigenvalue weighted by atomic mass is 16.7. The molecule has 118 valence electrons. The van der Waals surface area contributed by atoms with E-state index in [-0.39, 0.29) is 24.0 Å². The number of likely N-dealkylation sites (tertiary alicyclic amines) is 1. The van der Waals surface area contributed by atoms with Gasteiger partial charge in [0.15, 0.2) is 0 Å². The first kappa shape index (κ1) is 14.2. The number of nitrogens with one attached hydrogen (secondary N) is 1. The highest BCUT2D eigenvalue weighted by Gasteiger charge is 2.62. The van der Waals surface area contributed by atoms with Crippen LogP contribution in [0.15, 0.2) is 30.3 Å². The second-order valence-corrected chi connectivity index (χ2v) is 6.67. The fourth-order valence-corrected chi connectivity index (χ4v) is 4.12. The van der Waals surface area contributed by atoms with Crippen molar-refractivity contribution in [2.75, 3.05) is 6.54 Å². The van der Waals surface area contributed by atoms with E-state index in [2.05, 4.69) is 5.48 Å². The van der Waals surface area contributed by atoms with Crippen molar-refractivity contribution in [1.82, 2.24) is 10.4 Å². The Morgan fingerprint density at radius 3 is 2.64 bits per heavy atom. The van der Waals surface area contributed by atoms with E-state index < -0.39 is 5.72 Å². The summed E-state index contributed by atoms with van der Waals surface area (Å²) in [5.74, 6) is -0.479. The Balaban J connectivity index is 1.59. The van der Waals surface area contributed by atoms with Crippen LogP contribution < -0.4 is 5.48 Å². The van der Waals surface area contributed by atoms with E-state index in [1.54, 1.807) is 0 Å². The van der Waals surface area contributed by atoms with Gasteiger partial charge in [0.2, 0.25) is 5.72 Å². The molecule has 0 radical (unpaired) electrons. The maximum atomic E-state index is 12.7. The predicted molar refractivity (Wildman–Crippen MR) is 80.4 cm³/mol. The van der Waals surface area contributed by atoms with E-state index in [1.807, 2.05) is 35.2 Å². The van der Waals surface area contributed by atoms with Crippen LogP contribution in [0.1, 0.15) is 43.8 Å². The van der Waals surface area contributed by atoms with Gasteiger partial charge in [-0.25, -0.2) is 0 Å². The van der Waals surface area contributed by atoms with Gasteiger partial charge in [-0.2, -0.15) is 5.48 Å². The predicted octanol–water partition coefficient (Wildman–Crippen LogP) is 1.74. The van der Waals surface area contributed by atoms with E-state index in [0.717, 1.165) is 18.4 Å². The lowest BCUT2D eigenvalue weighted by atomic mass is 9.90. The summed E-state index contributed by atoms with van der Waals surface area (Å²) in [6.45, 7) is 0.562. The molecule has 1 amide bonds. The zero-order valence-electron chi connectivity index (χ0n) is 12.6. The second-order valence-electron chi connectivity index (χ2n) is 6.67. The Morgan fingerprint density at radius 2 is 1.91 bits per heavy atom. The van der Waals surface area contributed by atoms with Gasteiger partial charge in [-0.1, -0.05) is 49.6 Å². The summed E-state index contributed by atoms with van der Waals surface area (Å²) < 4.78 is 0. The molecule has 2 aliphatic heterocycles. The first-order valence-electron chi connectivity index (χ1n) is 8.21. The maximum Gasteiger partial charge on any atom is 0.272 e. The van der Waals surface area contributed by atoms with Crippen molar-refractivity contribution >= 4 is 5.91 Å². The quantitative estimate of drug-likeness (QED) is 0.873. The van der Waals surface area contributed by atoms with Gasteiger partial charge in [0.25, 0.3) is 5.91 Å². The van der Waals surface area contributed by atoms with Crippen LogP contribution in [-0.2, 0) is 9.63 Å². The van der Waals surface area contributed by atoms with Crippen LogP contribution in [0.25, 0.3) is 0 Å². The number of hydrogen-bond donors (Lipinski definition) is 2. The van der Waals surface area contributed by atoms with E-state index in [0.29, 0.717) is 6.54 Å². The highest BCUT2D eigenvalue weighted by molar-refractivity contribution is 5.88. The molecule has 2 heterocycles. The molecule has 0 spiro atoms. The molecule has 22 heavy (non-hydrogen) atoms. The fraction of sp³-hybridized carbons (Fsp3) is 0.588. The van der Waals surface area contributed by atoms with Crippen LogP contribution in [0.5, 0.6) is 0 Å². The molecule has 0 bridgehead atoms. The summed E-state index contributed by atoms with van der Waals surface area (Å²) in [4.78, 5) is 20.2. The number of amides is 1. The molecule has 1 aliphatic carbocycles. The van der Waals surface area contributed by atoms with Crippen molar-refractivity contribution < 1.29 is 14.7 Å². The number of hydroxylamine groups is 1. The minimum absolute atomic E-state index is 0.220. The molecular formula is C17H22N2O3. The summed E-state index contributed by atoms with van der Waals surface area (Å²) in [6, 6.07) is 10.1.